The summed E-state index contributed by atoms with van der Waals surface area (Å²) in [6.07, 6.45) is 1.18. The van der Waals surface area contributed by atoms with Crippen LogP contribution in [0.5, 0.6) is 0 Å². The second kappa shape index (κ2) is 4.58. The summed E-state index contributed by atoms with van der Waals surface area (Å²) >= 11 is 1.66. The number of thiazole rings is 1. The minimum Gasteiger partial charge on any atom is -0.311 e. The molecule has 68 valence electrons. The molecule has 0 aliphatic rings. The van der Waals surface area contributed by atoms with Gasteiger partial charge in [-0.15, -0.1) is 11.3 Å². The molecule has 1 aromatic rings. The zero-order valence-corrected chi connectivity index (χ0v) is 8.69. The quantitative estimate of drug-likeness (QED) is 0.777. The number of nitrogens with one attached hydrogen (secondary N) is 1. The smallest absolute Gasteiger partial charge is 0.0795 e. The van der Waals surface area contributed by atoms with Gasteiger partial charge in [-0.2, -0.15) is 0 Å². The van der Waals surface area contributed by atoms with Gasteiger partial charge in [0.2, 0.25) is 0 Å². The van der Waals surface area contributed by atoms with Crippen molar-refractivity contribution in [2.75, 3.05) is 7.05 Å². The molecule has 0 spiro atoms. The third kappa shape index (κ3) is 2.05. The Morgan fingerprint density at radius 2 is 2.42 bits per heavy atom. The van der Waals surface area contributed by atoms with Crippen LogP contribution in [0, 0.1) is 5.92 Å². The van der Waals surface area contributed by atoms with Crippen molar-refractivity contribution in [3.8, 4) is 0 Å². The second-order valence-electron chi connectivity index (χ2n) is 3.07. The van der Waals surface area contributed by atoms with Crippen LogP contribution in [0.2, 0.25) is 0 Å². The van der Waals surface area contributed by atoms with Crippen molar-refractivity contribution in [3.05, 3.63) is 16.6 Å². The van der Waals surface area contributed by atoms with Crippen molar-refractivity contribution in [2.45, 2.75) is 26.3 Å². The first-order valence-corrected chi connectivity index (χ1v) is 5.29. The van der Waals surface area contributed by atoms with E-state index >= 15 is 0 Å². The maximum absolute atomic E-state index is 4.31. The second-order valence-corrected chi connectivity index (χ2v) is 3.78. The first kappa shape index (κ1) is 9.68. The Morgan fingerprint density at radius 1 is 1.67 bits per heavy atom. The van der Waals surface area contributed by atoms with E-state index in [-0.39, 0.29) is 0 Å². The van der Waals surface area contributed by atoms with Gasteiger partial charge < -0.3 is 5.32 Å². The summed E-state index contributed by atoms with van der Waals surface area (Å²) in [6.45, 7) is 4.46. The van der Waals surface area contributed by atoms with Crippen LogP contribution in [0.3, 0.4) is 0 Å². The fraction of sp³-hybridized carbons (Fsp3) is 0.667. The van der Waals surface area contributed by atoms with Crippen LogP contribution in [0.25, 0.3) is 0 Å². The highest BCUT2D eigenvalue weighted by molar-refractivity contribution is 7.07. The molecule has 1 rings (SSSR count). The average Bonchev–Trinajstić information content (AvgIpc) is 2.58. The number of aromatic nitrogens is 1. The molecule has 0 aliphatic heterocycles. The number of hydrogen-bond donors (Lipinski definition) is 1. The fourth-order valence-electron chi connectivity index (χ4n) is 1.34. The molecular formula is C9H16N2S. The first-order chi connectivity index (χ1) is 5.79. The summed E-state index contributed by atoms with van der Waals surface area (Å²) in [5, 5.41) is 5.42. The molecule has 2 unspecified atom stereocenters. The lowest BCUT2D eigenvalue weighted by molar-refractivity contribution is 0.394. The Morgan fingerprint density at radius 3 is 2.83 bits per heavy atom. The fourth-order valence-corrected chi connectivity index (χ4v) is 1.93. The van der Waals surface area contributed by atoms with Gasteiger partial charge in [-0.1, -0.05) is 20.3 Å². The van der Waals surface area contributed by atoms with Crippen molar-refractivity contribution in [3.63, 3.8) is 0 Å². The van der Waals surface area contributed by atoms with Crippen molar-refractivity contribution in [1.82, 2.24) is 10.3 Å². The van der Waals surface area contributed by atoms with E-state index in [2.05, 4.69) is 29.5 Å². The Kier molecular flexibility index (Phi) is 3.69. The van der Waals surface area contributed by atoms with Crippen molar-refractivity contribution in [1.29, 1.82) is 0 Å². The monoisotopic (exact) mass is 184 g/mol. The molecule has 3 heteroatoms. The van der Waals surface area contributed by atoms with E-state index in [1.54, 1.807) is 11.3 Å². The SMILES string of the molecule is CCC(C)C(NC)c1cscn1. The van der Waals surface area contributed by atoms with E-state index in [0.717, 1.165) is 0 Å². The first-order valence-electron chi connectivity index (χ1n) is 4.35. The van der Waals surface area contributed by atoms with Crippen molar-refractivity contribution < 1.29 is 0 Å². The minimum absolute atomic E-state index is 0.418. The summed E-state index contributed by atoms with van der Waals surface area (Å²) < 4.78 is 0. The number of nitrogens with zero attached hydrogens (tertiary/aromatic N) is 1. The molecule has 1 aromatic heterocycles. The topological polar surface area (TPSA) is 24.9 Å². The van der Waals surface area contributed by atoms with E-state index < -0.39 is 0 Å². The third-order valence-electron chi connectivity index (χ3n) is 2.29. The average molecular weight is 184 g/mol. The molecule has 1 heterocycles. The predicted octanol–water partition coefficient (Wildman–Crippen LogP) is 2.45. The normalized spacial score (nSPS) is 15.9. The molecule has 1 N–H and O–H groups in total. The van der Waals surface area contributed by atoms with Crippen molar-refractivity contribution in [2.24, 2.45) is 5.92 Å². The molecule has 0 saturated heterocycles. The highest BCUT2D eigenvalue weighted by atomic mass is 32.1. The Balaban J connectivity index is 2.69. The molecule has 0 saturated carbocycles. The Labute approximate surface area is 78.0 Å². The summed E-state index contributed by atoms with van der Waals surface area (Å²) in [4.78, 5) is 4.31. The summed E-state index contributed by atoms with van der Waals surface area (Å²) in [6, 6.07) is 0.418. The molecule has 2 nitrogen and oxygen atoms in total. The van der Waals surface area contributed by atoms with Crippen LogP contribution in [-0.4, -0.2) is 12.0 Å². The van der Waals surface area contributed by atoms with Gasteiger partial charge in [0.05, 0.1) is 17.2 Å². The molecule has 0 bridgehead atoms. The largest absolute Gasteiger partial charge is 0.311 e. The van der Waals surface area contributed by atoms with E-state index in [1.165, 1.54) is 12.1 Å². The zero-order valence-electron chi connectivity index (χ0n) is 7.87. The van der Waals surface area contributed by atoms with E-state index in [0.29, 0.717) is 12.0 Å². The lowest BCUT2D eigenvalue weighted by Gasteiger charge is -2.20. The van der Waals surface area contributed by atoms with Gasteiger partial charge in [0, 0.05) is 5.38 Å². The Hall–Kier alpha value is -0.410. The van der Waals surface area contributed by atoms with Crippen LogP contribution in [-0.2, 0) is 0 Å². The molecule has 0 aromatic carbocycles. The zero-order chi connectivity index (χ0) is 8.97. The molecule has 0 radical (unpaired) electrons. The third-order valence-corrected chi connectivity index (χ3v) is 2.90. The van der Waals surface area contributed by atoms with Gasteiger partial charge >= 0.3 is 0 Å². The van der Waals surface area contributed by atoms with Gasteiger partial charge in [-0.3, -0.25) is 0 Å². The molecule has 0 amide bonds. The standard InChI is InChI=1S/C9H16N2S/c1-4-7(2)9(10-3)8-5-12-6-11-8/h5-7,9-10H,4H2,1-3H3. The molecule has 12 heavy (non-hydrogen) atoms. The molecule has 2 atom stereocenters. The number of hydrogen-bond acceptors (Lipinski definition) is 3. The van der Waals surface area contributed by atoms with Gasteiger partial charge in [0.15, 0.2) is 0 Å². The highest BCUT2D eigenvalue weighted by Gasteiger charge is 2.16. The summed E-state index contributed by atoms with van der Waals surface area (Å²) in [5.41, 5.74) is 3.07. The predicted molar refractivity (Wildman–Crippen MR) is 53.4 cm³/mol. The van der Waals surface area contributed by atoms with Crippen LogP contribution in [0.1, 0.15) is 32.0 Å². The van der Waals surface area contributed by atoms with Crippen molar-refractivity contribution >= 4 is 11.3 Å². The lowest BCUT2D eigenvalue weighted by Crippen LogP contribution is -2.23. The minimum atomic E-state index is 0.418. The van der Waals surface area contributed by atoms with Crippen LogP contribution >= 0.6 is 11.3 Å². The Bertz CT molecular complexity index is 208. The van der Waals surface area contributed by atoms with Gasteiger partial charge in [-0.05, 0) is 13.0 Å². The maximum atomic E-state index is 4.31. The highest BCUT2D eigenvalue weighted by Crippen LogP contribution is 2.23. The molecule has 0 aliphatic carbocycles. The lowest BCUT2D eigenvalue weighted by atomic mass is 9.97. The summed E-state index contributed by atoms with van der Waals surface area (Å²) in [7, 11) is 2.00. The molecule has 0 fully saturated rings. The van der Waals surface area contributed by atoms with E-state index in [9.17, 15) is 0 Å². The van der Waals surface area contributed by atoms with Gasteiger partial charge in [-0.25, -0.2) is 4.98 Å². The number of rotatable bonds is 4. The maximum Gasteiger partial charge on any atom is 0.0795 e. The van der Waals surface area contributed by atoms with Crippen LogP contribution < -0.4 is 5.32 Å². The van der Waals surface area contributed by atoms with E-state index in [4.69, 9.17) is 0 Å². The summed E-state index contributed by atoms with van der Waals surface area (Å²) in [5.74, 6) is 0.650. The van der Waals surface area contributed by atoms with Gasteiger partial charge in [0.1, 0.15) is 0 Å². The van der Waals surface area contributed by atoms with Crippen LogP contribution in [0.15, 0.2) is 10.9 Å². The molecular weight excluding hydrogens is 168 g/mol. The van der Waals surface area contributed by atoms with Gasteiger partial charge in [0.25, 0.3) is 0 Å². The van der Waals surface area contributed by atoms with Crippen LogP contribution in [0.4, 0.5) is 0 Å². The van der Waals surface area contributed by atoms with E-state index in [1.807, 2.05) is 12.6 Å².